The normalized spacial score (nSPS) is 29.8. The average Bonchev–Trinajstić information content (AvgIpc) is 2.07. The molecule has 0 heterocycles. The Hall–Kier alpha value is -0.0800. The summed E-state index contributed by atoms with van der Waals surface area (Å²) in [5.41, 5.74) is 0. The van der Waals surface area contributed by atoms with Crippen molar-refractivity contribution < 1.29 is 4.74 Å². The van der Waals surface area contributed by atoms with Gasteiger partial charge in [0.15, 0.2) is 0 Å². The van der Waals surface area contributed by atoms with Gasteiger partial charge in [-0.05, 0) is 39.2 Å². The molecule has 0 spiro atoms. The second-order valence-corrected chi connectivity index (χ2v) is 3.99. The van der Waals surface area contributed by atoms with Crippen molar-refractivity contribution in [3.05, 3.63) is 0 Å². The van der Waals surface area contributed by atoms with Crippen molar-refractivity contribution in [3.8, 4) is 0 Å². The van der Waals surface area contributed by atoms with Gasteiger partial charge in [0, 0.05) is 12.6 Å². The van der Waals surface area contributed by atoms with Crippen LogP contribution in [0.15, 0.2) is 0 Å². The van der Waals surface area contributed by atoms with E-state index in [4.69, 9.17) is 4.74 Å². The largest absolute Gasteiger partial charge is 0.378 e. The Bertz CT molecular complexity index is 132. The van der Waals surface area contributed by atoms with Gasteiger partial charge < -0.3 is 10.1 Å². The summed E-state index contributed by atoms with van der Waals surface area (Å²) in [7, 11) is 2.08. The van der Waals surface area contributed by atoms with Gasteiger partial charge in [-0.1, -0.05) is 13.3 Å². The lowest BCUT2D eigenvalue weighted by atomic mass is 9.76. The maximum atomic E-state index is 5.55. The highest BCUT2D eigenvalue weighted by Crippen LogP contribution is 2.34. The Morgan fingerprint density at radius 1 is 1.38 bits per heavy atom. The van der Waals surface area contributed by atoms with Gasteiger partial charge in [-0.25, -0.2) is 0 Å². The first-order valence-corrected chi connectivity index (χ1v) is 5.60. The van der Waals surface area contributed by atoms with Crippen LogP contribution in [0.1, 0.15) is 39.5 Å². The molecule has 1 aliphatic rings. The quantitative estimate of drug-likeness (QED) is 0.685. The molecule has 1 aliphatic carbocycles. The molecule has 0 saturated heterocycles. The molecule has 1 rings (SSSR count). The van der Waals surface area contributed by atoms with Crippen LogP contribution in [-0.2, 0) is 4.74 Å². The fourth-order valence-electron chi connectivity index (χ4n) is 2.23. The van der Waals surface area contributed by atoms with Crippen LogP contribution in [0.5, 0.6) is 0 Å². The van der Waals surface area contributed by atoms with Gasteiger partial charge in [0.25, 0.3) is 0 Å². The summed E-state index contributed by atoms with van der Waals surface area (Å²) in [5, 5.41) is 3.41. The van der Waals surface area contributed by atoms with E-state index in [0.717, 1.165) is 18.6 Å². The van der Waals surface area contributed by atoms with E-state index in [9.17, 15) is 0 Å². The van der Waals surface area contributed by atoms with Crippen LogP contribution in [0.25, 0.3) is 0 Å². The number of hydrogen-bond donors (Lipinski definition) is 1. The first-order chi connectivity index (χ1) is 6.31. The predicted octanol–water partition coefficient (Wildman–Crippen LogP) is 2.19. The van der Waals surface area contributed by atoms with Crippen LogP contribution in [-0.4, -0.2) is 25.8 Å². The topological polar surface area (TPSA) is 21.3 Å². The lowest BCUT2D eigenvalue weighted by Gasteiger charge is -2.40. The van der Waals surface area contributed by atoms with Gasteiger partial charge in [0.05, 0.1) is 6.10 Å². The summed E-state index contributed by atoms with van der Waals surface area (Å²) in [4.78, 5) is 0. The number of hydrogen-bond acceptors (Lipinski definition) is 2. The van der Waals surface area contributed by atoms with Gasteiger partial charge in [-0.15, -0.1) is 0 Å². The third-order valence-corrected chi connectivity index (χ3v) is 3.07. The average molecular weight is 185 g/mol. The molecular formula is C11H23NO. The van der Waals surface area contributed by atoms with Crippen LogP contribution >= 0.6 is 0 Å². The van der Waals surface area contributed by atoms with Crippen molar-refractivity contribution >= 4 is 0 Å². The van der Waals surface area contributed by atoms with E-state index >= 15 is 0 Å². The molecule has 1 fully saturated rings. The maximum Gasteiger partial charge on any atom is 0.0581 e. The second kappa shape index (κ2) is 5.61. The standard InChI is InChI=1S/C11H23NO/c1-4-6-11(12-3)9-7-10(8-9)13-5-2/h9-12H,4-8H2,1-3H3. The predicted molar refractivity (Wildman–Crippen MR) is 55.9 cm³/mol. The zero-order valence-corrected chi connectivity index (χ0v) is 9.18. The number of rotatable bonds is 6. The molecule has 1 saturated carbocycles. The Morgan fingerprint density at radius 3 is 2.54 bits per heavy atom. The fraction of sp³-hybridized carbons (Fsp3) is 1.00. The third-order valence-electron chi connectivity index (χ3n) is 3.07. The van der Waals surface area contributed by atoms with E-state index < -0.39 is 0 Å². The van der Waals surface area contributed by atoms with Gasteiger partial charge in [-0.3, -0.25) is 0 Å². The van der Waals surface area contributed by atoms with Crippen molar-refractivity contribution in [1.82, 2.24) is 5.32 Å². The lowest BCUT2D eigenvalue weighted by molar-refractivity contribution is -0.0353. The summed E-state index contributed by atoms with van der Waals surface area (Å²) in [6.45, 7) is 5.20. The van der Waals surface area contributed by atoms with E-state index in [1.165, 1.54) is 25.7 Å². The molecule has 2 heteroatoms. The second-order valence-electron chi connectivity index (χ2n) is 3.99. The monoisotopic (exact) mass is 185 g/mol. The molecular weight excluding hydrogens is 162 g/mol. The molecule has 0 aromatic heterocycles. The summed E-state index contributed by atoms with van der Waals surface area (Å²) in [6.07, 6.45) is 5.67. The Morgan fingerprint density at radius 2 is 2.08 bits per heavy atom. The van der Waals surface area contributed by atoms with Crippen LogP contribution < -0.4 is 5.32 Å². The van der Waals surface area contributed by atoms with Crippen molar-refractivity contribution in [3.63, 3.8) is 0 Å². The Kier molecular flexibility index (Phi) is 4.74. The van der Waals surface area contributed by atoms with E-state index in [2.05, 4.69) is 26.2 Å². The minimum absolute atomic E-state index is 0.558. The van der Waals surface area contributed by atoms with Crippen LogP contribution in [0, 0.1) is 5.92 Å². The first kappa shape index (κ1) is 11.0. The minimum Gasteiger partial charge on any atom is -0.378 e. The molecule has 0 bridgehead atoms. The molecule has 0 aromatic carbocycles. The van der Waals surface area contributed by atoms with Gasteiger partial charge in [0.2, 0.25) is 0 Å². The Balaban J connectivity index is 2.16. The van der Waals surface area contributed by atoms with E-state index in [0.29, 0.717) is 6.10 Å². The van der Waals surface area contributed by atoms with Crippen molar-refractivity contribution in [2.75, 3.05) is 13.7 Å². The number of nitrogens with one attached hydrogen (secondary N) is 1. The highest BCUT2D eigenvalue weighted by Gasteiger charge is 2.34. The van der Waals surface area contributed by atoms with Crippen LogP contribution in [0.2, 0.25) is 0 Å². The molecule has 0 aliphatic heterocycles. The van der Waals surface area contributed by atoms with E-state index in [-0.39, 0.29) is 0 Å². The van der Waals surface area contributed by atoms with Gasteiger partial charge in [0.1, 0.15) is 0 Å². The third kappa shape index (κ3) is 2.96. The molecule has 0 amide bonds. The summed E-state index contributed by atoms with van der Waals surface area (Å²) >= 11 is 0. The van der Waals surface area contributed by atoms with Crippen molar-refractivity contribution in [2.45, 2.75) is 51.7 Å². The molecule has 1 unspecified atom stereocenters. The van der Waals surface area contributed by atoms with E-state index in [1.807, 2.05) is 0 Å². The SMILES string of the molecule is CCCC(NC)C1CC(OCC)C1. The highest BCUT2D eigenvalue weighted by molar-refractivity contribution is 4.88. The Labute approximate surface area is 82.0 Å². The lowest BCUT2D eigenvalue weighted by Crippen LogP contribution is -2.44. The molecule has 13 heavy (non-hydrogen) atoms. The zero-order valence-electron chi connectivity index (χ0n) is 9.18. The fourth-order valence-corrected chi connectivity index (χ4v) is 2.23. The molecule has 2 nitrogen and oxygen atoms in total. The maximum absolute atomic E-state index is 5.55. The summed E-state index contributed by atoms with van der Waals surface area (Å²) in [5.74, 6) is 0.862. The number of ether oxygens (including phenoxy) is 1. The van der Waals surface area contributed by atoms with E-state index in [1.54, 1.807) is 0 Å². The van der Waals surface area contributed by atoms with Gasteiger partial charge in [-0.2, -0.15) is 0 Å². The van der Waals surface area contributed by atoms with Crippen molar-refractivity contribution in [1.29, 1.82) is 0 Å². The minimum atomic E-state index is 0.558. The molecule has 78 valence electrons. The van der Waals surface area contributed by atoms with Crippen molar-refractivity contribution in [2.24, 2.45) is 5.92 Å². The molecule has 1 atom stereocenters. The molecule has 0 radical (unpaired) electrons. The molecule has 0 aromatic rings. The summed E-state index contributed by atoms with van der Waals surface area (Å²) < 4.78 is 5.55. The van der Waals surface area contributed by atoms with Gasteiger partial charge >= 0.3 is 0 Å². The first-order valence-electron chi connectivity index (χ1n) is 5.60. The highest BCUT2D eigenvalue weighted by atomic mass is 16.5. The molecule has 1 N–H and O–H groups in total. The van der Waals surface area contributed by atoms with Crippen LogP contribution in [0.4, 0.5) is 0 Å². The van der Waals surface area contributed by atoms with Crippen LogP contribution in [0.3, 0.4) is 0 Å². The smallest absolute Gasteiger partial charge is 0.0581 e. The zero-order chi connectivity index (χ0) is 9.68. The summed E-state index contributed by atoms with van der Waals surface area (Å²) in [6, 6.07) is 0.724.